The third-order valence-corrected chi connectivity index (χ3v) is 4.00. The molecule has 0 atom stereocenters. The van der Waals surface area contributed by atoms with Crippen molar-refractivity contribution in [3.05, 3.63) is 42.5 Å². The molecule has 0 aliphatic carbocycles. The molecule has 5 heteroatoms. The average molecular weight is 328 g/mol. The van der Waals surface area contributed by atoms with Gasteiger partial charge in [0.15, 0.2) is 0 Å². The van der Waals surface area contributed by atoms with Crippen molar-refractivity contribution < 1.29 is 18.1 Å². The summed E-state index contributed by atoms with van der Waals surface area (Å²) in [6.45, 7) is 5.87. The summed E-state index contributed by atoms with van der Waals surface area (Å²) in [6.07, 6.45) is 10.5. The van der Waals surface area contributed by atoms with Crippen molar-refractivity contribution in [3.8, 4) is 0 Å². The van der Waals surface area contributed by atoms with E-state index in [1.54, 1.807) is 12.1 Å². The fourth-order valence-electron chi connectivity index (χ4n) is 1.82. The van der Waals surface area contributed by atoms with Crippen LogP contribution in [0.2, 0.25) is 0 Å². The first-order valence-corrected chi connectivity index (χ1v) is 9.11. The van der Waals surface area contributed by atoms with Gasteiger partial charge in [0.25, 0.3) is 10.1 Å². The lowest BCUT2D eigenvalue weighted by Crippen LogP contribution is -1.96. The fraction of sp³-hybridized carbons (Fsp3) is 0.529. The molecule has 0 aliphatic rings. The molecule has 0 radical (unpaired) electrons. The Morgan fingerprint density at radius 1 is 1.00 bits per heavy atom. The van der Waals surface area contributed by atoms with Crippen LogP contribution in [0.4, 0.5) is 0 Å². The summed E-state index contributed by atoms with van der Waals surface area (Å²) in [5.41, 5.74) is 0.956. The second kappa shape index (κ2) is 12.4. The fourth-order valence-corrected chi connectivity index (χ4v) is 2.30. The molecule has 0 bridgehead atoms. The number of unbranched alkanes of at least 4 members (excludes halogenated alkanes) is 6. The van der Waals surface area contributed by atoms with Crippen molar-refractivity contribution in [1.29, 1.82) is 0 Å². The van der Waals surface area contributed by atoms with Gasteiger partial charge < -0.3 is 5.11 Å². The number of hydrogen-bond acceptors (Lipinski definition) is 3. The molecule has 0 unspecified atom stereocenters. The summed E-state index contributed by atoms with van der Waals surface area (Å²) in [6, 6.07) is 5.99. The minimum Gasteiger partial charge on any atom is -0.396 e. The second-order valence-corrected chi connectivity index (χ2v) is 6.63. The van der Waals surface area contributed by atoms with Crippen LogP contribution < -0.4 is 0 Å². The van der Waals surface area contributed by atoms with E-state index < -0.39 is 10.1 Å². The smallest absolute Gasteiger partial charge is 0.294 e. The molecule has 0 fully saturated rings. The maximum atomic E-state index is 10.5. The molecule has 0 amide bonds. The molecule has 1 aromatic rings. The molecule has 0 heterocycles. The molecule has 126 valence electrons. The van der Waals surface area contributed by atoms with E-state index in [9.17, 15) is 8.42 Å². The Morgan fingerprint density at radius 3 is 1.95 bits per heavy atom. The van der Waals surface area contributed by atoms with Crippen molar-refractivity contribution in [3.63, 3.8) is 0 Å². The zero-order valence-corrected chi connectivity index (χ0v) is 14.2. The predicted molar refractivity (Wildman–Crippen MR) is 90.6 cm³/mol. The van der Waals surface area contributed by atoms with Crippen LogP contribution in [0.1, 0.15) is 50.5 Å². The Hall–Kier alpha value is -1.17. The van der Waals surface area contributed by atoms with Crippen LogP contribution in [0.3, 0.4) is 0 Å². The van der Waals surface area contributed by atoms with Gasteiger partial charge in [-0.2, -0.15) is 8.42 Å². The number of benzene rings is 1. The summed E-state index contributed by atoms with van der Waals surface area (Å²) in [4.78, 5) is -0.0666. The average Bonchev–Trinajstić information content (AvgIpc) is 2.47. The molecular formula is C17H28O4S. The lowest BCUT2D eigenvalue weighted by atomic mass is 10.1. The topological polar surface area (TPSA) is 74.6 Å². The van der Waals surface area contributed by atoms with E-state index in [4.69, 9.17) is 9.66 Å². The molecule has 22 heavy (non-hydrogen) atoms. The summed E-state index contributed by atoms with van der Waals surface area (Å²) >= 11 is 0. The Balaban J connectivity index is 0.000000401. The first-order chi connectivity index (χ1) is 10.4. The maximum Gasteiger partial charge on any atom is 0.294 e. The molecule has 1 aromatic carbocycles. The summed E-state index contributed by atoms with van der Waals surface area (Å²) in [5.74, 6) is 0. The van der Waals surface area contributed by atoms with Gasteiger partial charge >= 0.3 is 0 Å². The van der Waals surface area contributed by atoms with Gasteiger partial charge in [0.05, 0.1) is 4.90 Å². The number of rotatable bonds is 9. The lowest BCUT2D eigenvalue weighted by molar-refractivity contribution is 0.282. The number of hydrogen-bond donors (Lipinski definition) is 2. The normalized spacial score (nSPS) is 10.7. The number of aliphatic hydroxyl groups excluding tert-OH is 1. The molecule has 2 N–H and O–H groups in total. The van der Waals surface area contributed by atoms with Crippen molar-refractivity contribution in [2.24, 2.45) is 0 Å². The Bertz CT molecular complexity index is 492. The maximum absolute atomic E-state index is 10.5. The molecule has 1 rings (SSSR count). The van der Waals surface area contributed by atoms with E-state index in [1.165, 1.54) is 44.2 Å². The Labute approximate surface area is 134 Å². The van der Waals surface area contributed by atoms with E-state index in [2.05, 4.69) is 6.58 Å². The van der Waals surface area contributed by atoms with E-state index >= 15 is 0 Å². The first kappa shape index (κ1) is 20.8. The summed E-state index contributed by atoms with van der Waals surface area (Å²) < 4.78 is 29.6. The molecule has 0 aliphatic heterocycles. The molecule has 0 saturated heterocycles. The Morgan fingerprint density at radius 2 is 1.50 bits per heavy atom. The Kier molecular flexibility index (Phi) is 11.7. The van der Waals surface area contributed by atoms with Crippen LogP contribution in [-0.2, 0) is 10.1 Å². The number of aliphatic hydroxyl groups is 1. The minimum absolute atomic E-state index is 0.0666. The molecule has 0 saturated carbocycles. The first-order valence-electron chi connectivity index (χ1n) is 7.67. The highest BCUT2D eigenvalue weighted by molar-refractivity contribution is 7.85. The third kappa shape index (κ3) is 11.5. The van der Waals surface area contributed by atoms with Crippen LogP contribution in [0.5, 0.6) is 0 Å². The van der Waals surface area contributed by atoms with Gasteiger partial charge in [-0.25, -0.2) is 0 Å². The molecular weight excluding hydrogens is 300 g/mol. The second-order valence-electron chi connectivity index (χ2n) is 5.21. The van der Waals surface area contributed by atoms with Gasteiger partial charge in [0.2, 0.25) is 0 Å². The van der Waals surface area contributed by atoms with Crippen LogP contribution in [0, 0.1) is 6.92 Å². The SMILES string of the molecule is C=CCCCCCCCCO.Cc1ccc(S(=O)(=O)O)cc1. The van der Waals surface area contributed by atoms with Gasteiger partial charge in [-0.3, -0.25) is 4.55 Å². The van der Waals surface area contributed by atoms with E-state index in [1.807, 2.05) is 13.0 Å². The highest BCUT2D eigenvalue weighted by Gasteiger charge is 2.06. The van der Waals surface area contributed by atoms with Crippen LogP contribution in [0.15, 0.2) is 41.8 Å². The summed E-state index contributed by atoms with van der Waals surface area (Å²) in [7, 11) is -4.02. The molecule has 4 nitrogen and oxygen atoms in total. The van der Waals surface area contributed by atoms with Crippen molar-refractivity contribution >= 4 is 10.1 Å². The van der Waals surface area contributed by atoms with Gasteiger partial charge in [0.1, 0.15) is 0 Å². The predicted octanol–water partition coefficient (Wildman–Crippen LogP) is 4.14. The standard InChI is InChI=1S/C10H20O.C7H8O3S/c1-2-3-4-5-6-7-8-9-10-11;1-6-2-4-7(5-3-6)11(8,9)10/h2,11H,1,3-10H2;2-5H,1H3,(H,8,9,10). The van der Waals surface area contributed by atoms with E-state index in [0.29, 0.717) is 6.61 Å². The highest BCUT2D eigenvalue weighted by Crippen LogP contribution is 2.08. The zero-order valence-electron chi connectivity index (χ0n) is 13.4. The minimum atomic E-state index is -4.02. The quantitative estimate of drug-likeness (QED) is 0.406. The van der Waals surface area contributed by atoms with Crippen molar-refractivity contribution in [1.82, 2.24) is 0 Å². The van der Waals surface area contributed by atoms with Gasteiger partial charge in [-0.15, -0.1) is 6.58 Å². The zero-order chi connectivity index (χ0) is 16.8. The van der Waals surface area contributed by atoms with Gasteiger partial charge in [-0.1, -0.05) is 49.5 Å². The van der Waals surface area contributed by atoms with Crippen LogP contribution in [0.25, 0.3) is 0 Å². The van der Waals surface area contributed by atoms with Crippen molar-refractivity contribution in [2.45, 2.75) is 56.8 Å². The van der Waals surface area contributed by atoms with Crippen LogP contribution >= 0.6 is 0 Å². The third-order valence-electron chi connectivity index (χ3n) is 3.14. The van der Waals surface area contributed by atoms with E-state index in [0.717, 1.165) is 18.4 Å². The molecule has 0 aromatic heterocycles. The number of aryl methyl sites for hydroxylation is 1. The van der Waals surface area contributed by atoms with E-state index in [-0.39, 0.29) is 4.90 Å². The monoisotopic (exact) mass is 328 g/mol. The lowest BCUT2D eigenvalue weighted by Gasteiger charge is -1.97. The van der Waals surface area contributed by atoms with Gasteiger partial charge in [0, 0.05) is 6.61 Å². The van der Waals surface area contributed by atoms with Gasteiger partial charge in [-0.05, 0) is 38.3 Å². The molecule has 0 spiro atoms. The highest BCUT2D eigenvalue weighted by atomic mass is 32.2. The largest absolute Gasteiger partial charge is 0.396 e. The van der Waals surface area contributed by atoms with Crippen LogP contribution in [-0.4, -0.2) is 24.7 Å². The summed E-state index contributed by atoms with van der Waals surface area (Å²) in [5, 5.41) is 8.49. The number of allylic oxidation sites excluding steroid dienone is 1. The van der Waals surface area contributed by atoms with Crippen molar-refractivity contribution in [2.75, 3.05) is 6.61 Å².